The van der Waals surface area contributed by atoms with Crippen LogP contribution in [0.1, 0.15) is 21.5 Å². The van der Waals surface area contributed by atoms with E-state index in [2.05, 4.69) is 47.3 Å². The molecule has 118 valence electrons. The maximum Gasteiger partial charge on any atom is 0.259 e. The fourth-order valence-corrected chi connectivity index (χ4v) is 3.81. The summed E-state index contributed by atoms with van der Waals surface area (Å²) in [6.07, 6.45) is 1.71. The first-order valence-corrected chi connectivity index (χ1v) is 9.12. The predicted octanol–water partition coefficient (Wildman–Crippen LogP) is 3.68. The van der Waals surface area contributed by atoms with E-state index in [1.54, 1.807) is 30.1 Å². The Morgan fingerprint density at radius 3 is 2.87 bits per heavy atom. The third-order valence-electron chi connectivity index (χ3n) is 3.51. The number of nitrogens with one attached hydrogen (secondary N) is 1. The van der Waals surface area contributed by atoms with Gasteiger partial charge in [0.2, 0.25) is 0 Å². The number of aromatic nitrogens is 1. The van der Waals surface area contributed by atoms with Gasteiger partial charge in [0.15, 0.2) is 5.17 Å². The molecule has 0 unspecified atom stereocenters. The first-order valence-electron chi connectivity index (χ1n) is 7.32. The molecular weight excluding hydrogens is 326 g/mol. The van der Waals surface area contributed by atoms with Crippen molar-refractivity contribution < 1.29 is 4.79 Å². The molecule has 1 aliphatic heterocycles. The van der Waals surface area contributed by atoms with Crippen LogP contribution in [0.4, 0.5) is 0 Å². The van der Waals surface area contributed by atoms with E-state index in [0.29, 0.717) is 15.8 Å². The average molecular weight is 343 g/mol. The predicted molar refractivity (Wildman–Crippen MR) is 96.5 cm³/mol. The molecule has 3 rings (SSSR count). The third-order valence-corrected chi connectivity index (χ3v) is 5.41. The smallest absolute Gasteiger partial charge is 0.259 e. The second-order valence-corrected chi connectivity index (χ2v) is 7.34. The molecule has 2 aromatic rings. The Hall–Kier alpha value is -1.79. The Bertz CT molecular complexity index is 774. The first-order chi connectivity index (χ1) is 11.1. The number of hydrogen-bond donors (Lipinski definition) is 1. The molecule has 4 nitrogen and oxygen atoms in total. The lowest BCUT2D eigenvalue weighted by Crippen LogP contribution is -2.27. The number of hydrogen-bond acceptors (Lipinski definition) is 5. The number of benzene rings is 1. The summed E-state index contributed by atoms with van der Waals surface area (Å²) in [7, 11) is 0. The summed E-state index contributed by atoms with van der Waals surface area (Å²) in [5, 5.41) is 4.26. The molecule has 2 heterocycles. The standard InChI is InChI=1S/C17H17N3OS2/c1-11-5-6-13(10-12(11)2)23-16-14(4-3-7-18-16)15(21)20-17-19-8-9-22-17/h3-7,10H,8-9H2,1-2H3,(H,19,20,21). The van der Waals surface area contributed by atoms with Gasteiger partial charge in [-0.1, -0.05) is 29.6 Å². The summed E-state index contributed by atoms with van der Waals surface area (Å²) in [5.74, 6) is 0.769. The van der Waals surface area contributed by atoms with Crippen molar-refractivity contribution in [3.05, 3.63) is 53.2 Å². The molecule has 1 aromatic heterocycles. The number of carbonyl (C=O) groups is 1. The maximum absolute atomic E-state index is 12.5. The van der Waals surface area contributed by atoms with Crippen molar-refractivity contribution in [1.82, 2.24) is 10.3 Å². The number of pyridine rings is 1. The minimum atomic E-state index is -0.155. The summed E-state index contributed by atoms with van der Waals surface area (Å²) >= 11 is 3.07. The van der Waals surface area contributed by atoms with Gasteiger partial charge in [-0.15, -0.1) is 0 Å². The van der Waals surface area contributed by atoms with Gasteiger partial charge in [0.1, 0.15) is 5.03 Å². The molecule has 0 saturated heterocycles. The van der Waals surface area contributed by atoms with E-state index in [9.17, 15) is 4.79 Å². The highest BCUT2D eigenvalue weighted by Crippen LogP contribution is 2.30. The number of amides is 1. The van der Waals surface area contributed by atoms with Crippen molar-refractivity contribution in [3.63, 3.8) is 0 Å². The zero-order chi connectivity index (χ0) is 16.2. The number of amidine groups is 1. The van der Waals surface area contributed by atoms with Crippen LogP contribution in [0, 0.1) is 13.8 Å². The maximum atomic E-state index is 12.5. The van der Waals surface area contributed by atoms with Crippen LogP contribution in [-0.4, -0.2) is 28.4 Å². The summed E-state index contributed by atoms with van der Waals surface area (Å²) < 4.78 is 0. The number of rotatable bonds is 3. The highest BCUT2D eigenvalue weighted by atomic mass is 32.2. The Balaban J connectivity index is 1.82. The van der Waals surface area contributed by atoms with E-state index in [0.717, 1.165) is 17.2 Å². The zero-order valence-electron chi connectivity index (χ0n) is 13.0. The lowest BCUT2D eigenvalue weighted by Gasteiger charge is -2.09. The molecule has 23 heavy (non-hydrogen) atoms. The summed E-state index contributed by atoms with van der Waals surface area (Å²) in [4.78, 5) is 22.2. The molecule has 0 bridgehead atoms. The lowest BCUT2D eigenvalue weighted by molar-refractivity contribution is 0.0974. The fourth-order valence-electron chi connectivity index (χ4n) is 2.11. The topological polar surface area (TPSA) is 54.4 Å². The molecule has 1 aromatic carbocycles. The van der Waals surface area contributed by atoms with Crippen LogP contribution in [0.2, 0.25) is 0 Å². The minimum absolute atomic E-state index is 0.155. The van der Waals surface area contributed by atoms with E-state index in [4.69, 9.17) is 0 Å². The van der Waals surface area contributed by atoms with E-state index in [1.165, 1.54) is 22.9 Å². The van der Waals surface area contributed by atoms with Crippen molar-refractivity contribution in [3.8, 4) is 0 Å². The molecule has 0 fully saturated rings. The summed E-state index contributed by atoms with van der Waals surface area (Å²) in [5.41, 5.74) is 3.06. The molecule has 1 N–H and O–H groups in total. The molecule has 0 aliphatic carbocycles. The number of nitrogens with zero attached hydrogens (tertiary/aromatic N) is 2. The molecule has 0 radical (unpaired) electrons. The van der Waals surface area contributed by atoms with Crippen LogP contribution < -0.4 is 5.32 Å². The van der Waals surface area contributed by atoms with Gasteiger partial charge in [-0.3, -0.25) is 9.79 Å². The minimum Gasteiger partial charge on any atom is -0.301 e. The first kappa shape index (κ1) is 16.1. The fraction of sp³-hybridized carbons (Fsp3) is 0.235. The van der Waals surface area contributed by atoms with Gasteiger partial charge in [0.25, 0.3) is 5.91 Å². The zero-order valence-corrected chi connectivity index (χ0v) is 14.6. The Labute approximate surface area is 144 Å². The second kappa shape index (κ2) is 7.19. The number of carbonyl (C=O) groups excluding carboxylic acids is 1. The Morgan fingerprint density at radius 1 is 1.26 bits per heavy atom. The quantitative estimate of drug-likeness (QED) is 0.923. The molecule has 0 atom stereocenters. The third kappa shape index (κ3) is 3.95. The highest BCUT2D eigenvalue weighted by molar-refractivity contribution is 8.14. The van der Waals surface area contributed by atoms with Crippen LogP contribution >= 0.6 is 23.5 Å². The molecule has 0 saturated carbocycles. The monoisotopic (exact) mass is 343 g/mol. The number of aliphatic imine (C=N–C) groups is 1. The SMILES string of the molecule is Cc1ccc(Sc2ncccc2C(=O)NC2=NCCS2)cc1C. The molecule has 6 heteroatoms. The van der Waals surface area contributed by atoms with Gasteiger partial charge in [-0.2, -0.15) is 0 Å². The van der Waals surface area contributed by atoms with Gasteiger partial charge < -0.3 is 5.32 Å². The molecule has 0 spiro atoms. The van der Waals surface area contributed by atoms with Crippen LogP contribution in [-0.2, 0) is 0 Å². The molecule has 1 aliphatic rings. The van der Waals surface area contributed by atoms with Gasteiger partial charge in [0, 0.05) is 16.8 Å². The van der Waals surface area contributed by atoms with E-state index in [-0.39, 0.29) is 5.91 Å². The molecule has 1 amide bonds. The van der Waals surface area contributed by atoms with Gasteiger partial charge in [-0.25, -0.2) is 4.98 Å². The lowest BCUT2D eigenvalue weighted by atomic mass is 10.1. The second-order valence-electron chi connectivity index (χ2n) is 5.19. The Morgan fingerprint density at radius 2 is 2.13 bits per heavy atom. The Kier molecular flexibility index (Phi) is 5.03. The van der Waals surface area contributed by atoms with Crippen molar-refractivity contribution in [2.24, 2.45) is 4.99 Å². The summed E-state index contributed by atoms with van der Waals surface area (Å²) in [6.45, 7) is 4.93. The normalized spacial score (nSPS) is 13.7. The number of thioether (sulfide) groups is 1. The van der Waals surface area contributed by atoms with Crippen LogP contribution in [0.15, 0.2) is 51.4 Å². The van der Waals surface area contributed by atoms with E-state index < -0.39 is 0 Å². The average Bonchev–Trinajstić information content (AvgIpc) is 3.04. The number of aryl methyl sites for hydroxylation is 2. The van der Waals surface area contributed by atoms with Gasteiger partial charge in [-0.05, 0) is 49.2 Å². The van der Waals surface area contributed by atoms with Crippen LogP contribution in [0.25, 0.3) is 0 Å². The summed E-state index contributed by atoms with van der Waals surface area (Å²) in [6, 6.07) is 9.84. The highest BCUT2D eigenvalue weighted by Gasteiger charge is 2.17. The van der Waals surface area contributed by atoms with Crippen molar-refractivity contribution >= 4 is 34.6 Å². The molecular formula is C17H17N3OS2. The van der Waals surface area contributed by atoms with Crippen molar-refractivity contribution in [1.29, 1.82) is 0 Å². The van der Waals surface area contributed by atoms with E-state index in [1.807, 2.05) is 0 Å². The van der Waals surface area contributed by atoms with Gasteiger partial charge in [0.05, 0.1) is 12.1 Å². The van der Waals surface area contributed by atoms with Crippen LogP contribution in [0.5, 0.6) is 0 Å². The van der Waals surface area contributed by atoms with E-state index >= 15 is 0 Å². The van der Waals surface area contributed by atoms with Crippen LogP contribution in [0.3, 0.4) is 0 Å². The van der Waals surface area contributed by atoms with Crippen molar-refractivity contribution in [2.45, 2.75) is 23.8 Å². The van der Waals surface area contributed by atoms with Gasteiger partial charge >= 0.3 is 0 Å². The van der Waals surface area contributed by atoms with Crippen molar-refractivity contribution in [2.75, 3.05) is 12.3 Å². The largest absolute Gasteiger partial charge is 0.301 e.